The summed E-state index contributed by atoms with van der Waals surface area (Å²) in [4.78, 5) is 22.5. The van der Waals surface area contributed by atoms with E-state index in [1.54, 1.807) is 0 Å². The molecule has 3 N–H and O–H groups in total. The number of carbonyl (C=O) groups is 2. The van der Waals surface area contributed by atoms with Gasteiger partial charge in [0.05, 0.1) is 6.42 Å². The van der Waals surface area contributed by atoms with E-state index in [4.69, 9.17) is 5.11 Å². The molecule has 0 saturated carbocycles. The van der Waals surface area contributed by atoms with E-state index in [1.807, 2.05) is 6.92 Å². The number of hydrogen-bond acceptors (Lipinski definition) is 2. The van der Waals surface area contributed by atoms with Gasteiger partial charge in [0.15, 0.2) is 0 Å². The molecule has 0 heterocycles. The molecule has 5 nitrogen and oxygen atoms in total. The van der Waals surface area contributed by atoms with Crippen LogP contribution in [0, 0.1) is 11.3 Å². The molecule has 0 fully saturated rings. The van der Waals surface area contributed by atoms with Crippen molar-refractivity contribution in [1.29, 1.82) is 0 Å². The van der Waals surface area contributed by atoms with Gasteiger partial charge in [-0.15, -0.1) is 0 Å². The number of carboxylic acid groups (broad SMARTS) is 1. The van der Waals surface area contributed by atoms with Gasteiger partial charge in [0.25, 0.3) is 0 Å². The Morgan fingerprint density at radius 1 is 1.26 bits per heavy atom. The van der Waals surface area contributed by atoms with Crippen LogP contribution >= 0.6 is 0 Å². The van der Waals surface area contributed by atoms with Crippen LogP contribution in [0.3, 0.4) is 0 Å². The molecule has 112 valence electrons. The molecular formula is C14H28N2O3. The summed E-state index contributed by atoms with van der Waals surface area (Å²) in [5.74, 6) is -0.431. The van der Waals surface area contributed by atoms with Crippen molar-refractivity contribution in [3.8, 4) is 0 Å². The molecular weight excluding hydrogens is 244 g/mol. The number of carbonyl (C=O) groups excluding carboxylic acids is 1. The summed E-state index contributed by atoms with van der Waals surface area (Å²) in [5, 5.41) is 14.3. The molecule has 0 aromatic heterocycles. The first kappa shape index (κ1) is 17.7. The summed E-state index contributed by atoms with van der Waals surface area (Å²) in [6, 6.07) is -0.585. The summed E-state index contributed by atoms with van der Waals surface area (Å²) in [7, 11) is 0. The second kappa shape index (κ2) is 8.02. The molecule has 0 aromatic carbocycles. The lowest BCUT2D eigenvalue weighted by Crippen LogP contribution is -2.46. The number of rotatable bonds is 8. The molecule has 0 aliphatic carbocycles. The number of carboxylic acids is 1. The largest absolute Gasteiger partial charge is 0.481 e. The van der Waals surface area contributed by atoms with E-state index in [-0.39, 0.29) is 23.9 Å². The topological polar surface area (TPSA) is 78.4 Å². The minimum atomic E-state index is -0.888. The summed E-state index contributed by atoms with van der Waals surface area (Å²) >= 11 is 0. The molecule has 0 aliphatic rings. The number of aliphatic carboxylic acids is 1. The highest BCUT2D eigenvalue weighted by Crippen LogP contribution is 2.24. The lowest BCUT2D eigenvalue weighted by atomic mass is 9.81. The van der Waals surface area contributed by atoms with Crippen LogP contribution in [0.5, 0.6) is 0 Å². The van der Waals surface area contributed by atoms with Crippen molar-refractivity contribution in [2.24, 2.45) is 11.3 Å². The van der Waals surface area contributed by atoms with Crippen molar-refractivity contribution in [2.75, 3.05) is 6.54 Å². The van der Waals surface area contributed by atoms with Crippen LogP contribution in [-0.4, -0.2) is 29.7 Å². The van der Waals surface area contributed by atoms with Crippen LogP contribution < -0.4 is 10.6 Å². The van der Waals surface area contributed by atoms with Gasteiger partial charge in [-0.1, -0.05) is 41.0 Å². The van der Waals surface area contributed by atoms with Gasteiger partial charge in [-0.05, 0) is 17.8 Å². The van der Waals surface area contributed by atoms with Gasteiger partial charge in [-0.2, -0.15) is 0 Å². The Morgan fingerprint density at radius 2 is 1.84 bits per heavy atom. The van der Waals surface area contributed by atoms with E-state index < -0.39 is 5.97 Å². The SMILES string of the molecule is CCCC(CC(=O)O)NC(=O)NCC(C)(C)C(C)C. The molecule has 0 bridgehead atoms. The van der Waals surface area contributed by atoms with Gasteiger partial charge < -0.3 is 15.7 Å². The molecule has 0 radical (unpaired) electrons. The Kier molecular flexibility index (Phi) is 7.49. The average molecular weight is 272 g/mol. The maximum absolute atomic E-state index is 11.8. The van der Waals surface area contributed by atoms with Crippen molar-refractivity contribution in [2.45, 2.75) is 59.9 Å². The molecule has 0 rings (SSSR count). The molecule has 1 atom stereocenters. The third-order valence-electron chi connectivity index (χ3n) is 3.66. The predicted octanol–water partition coefficient (Wildman–Crippen LogP) is 2.61. The molecule has 1 unspecified atom stereocenters. The van der Waals surface area contributed by atoms with Gasteiger partial charge in [0.1, 0.15) is 0 Å². The van der Waals surface area contributed by atoms with Crippen molar-refractivity contribution in [3.05, 3.63) is 0 Å². The second-order valence-electron chi connectivity index (χ2n) is 6.05. The van der Waals surface area contributed by atoms with Gasteiger partial charge in [0.2, 0.25) is 0 Å². The molecule has 0 aromatic rings. The highest BCUT2D eigenvalue weighted by molar-refractivity contribution is 5.75. The first-order valence-electron chi connectivity index (χ1n) is 6.95. The number of amides is 2. The first-order valence-corrected chi connectivity index (χ1v) is 6.95. The zero-order valence-electron chi connectivity index (χ0n) is 12.7. The summed E-state index contributed by atoms with van der Waals surface area (Å²) in [6.45, 7) is 11.0. The number of hydrogen-bond donors (Lipinski definition) is 3. The minimum absolute atomic E-state index is 0.0182. The Balaban J connectivity index is 4.23. The Hall–Kier alpha value is -1.26. The number of urea groups is 1. The molecule has 19 heavy (non-hydrogen) atoms. The Labute approximate surface area is 116 Å². The van der Waals surface area contributed by atoms with E-state index in [0.717, 1.165) is 6.42 Å². The number of nitrogens with one attached hydrogen (secondary N) is 2. The van der Waals surface area contributed by atoms with E-state index in [1.165, 1.54) is 0 Å². The quantitative estimate of drug-likeness (QED) is 0.635. The van der Waals surface area contributed by atoms with Crippen LogP contribution in [0.15, 0.2) is 0 Å². The molecule has 0 spiro atoms. The first-order chi connectivity index (χ1) is 8.69. The fraction of sp³-hybridized carbons (Fsp3) is 0.857. The van der Waals surface area contributed by atoms with Gasteiger partial charge in [-0.25, -0.2) is 4.79 Å². The van der Waals surface area contributed by atoms with Crippen molar-refractivity contribution in [1.82, 2.24) is 10.6 Å². The monoisotopic (exact) mass is 272 g/mol. The van der Waals surface area contributed by atoms with E-state index in [2.05, 4.69) is 38.3 Å². The zero-order chi connectivity index (χ0) is 15.1. The van der Waals surface area contributed by atoms with Gasteiger partial charge in [-0.3, -0.25) is 4.79 Å². The van der Waals surface area contributed by atoms with Crippen LogP contribution in [0.4, 0.5) is 4.79 Å². The third-order valence-corrected chi connectivity index (χ3v) is 3.66. The summed E-state index contributed by atoms with van der Waals surface area (Å²) in [6.07, 6.45) is 1.48. The molecule has 0 saturated heterocycles. The highest BCUT2D eigenvalue weighted by atomic mass is 16.4. The smallest absolute Gasteiger partial charge is 0.315 e. The highest BCUT2D eigenvalue weighted by Gasteiger charge is 2.23. The normalized spacial score (nSPS) is 13.2. The standard InChI is InChI=1S/C14H28N2O3/c1-6-7-11(8-12(17)18)16-13(19)15-9-14(4,5)10(2)3/h10-11H,6-9H2,1-5H3,(H,17,18)(H2,15,16,19). The van der Waals surface area contributed by atoms with Crippen molar-refractivity contribution in [3.63, 3.8) is 0 Å². The average Bonchev–Trinajstić information content (AvgIpc) is 2.25. The van der Waals surface area contributed by atoms with E-state index in [9.17, 15) is 9.59 Å². The second-order valence-corrected chi connectivity index (χ2v) is 6.05. The maximum Gasteiger partial charge on any atom is 0.315 e. The molecule has 2 amide bonds. The van der Waals surface area contributed by atoms with Gasteiger partial charge in [0, 0.05) is 12.6 Å². The predicted molar refractivity (Wildman–Crippen MR) is 76.1 cm³/mol. The summed E-state index contributed by atoms with van der Waals surface area (Å²) < 4.78 is 0. The zero-order valence-corrected chi connectivity index (χ0v) is 12.7. The van der Waals surface area contributed by atoms with Crippen LogP contribution in [0.2, 0.25) is 0 Å². The van der Waals surface area contributed by atoms with Crippen molar-refractivity contribution >= 4 is 12.0 Å². The van der Waals surface area contributed by atoms with Crippen LogP contribution in [0.25, 0.3) is 0 Å². The lowest BCUT2D eigenvalue weighted by Gasteiger charge is -2.29. The Bertz CT molecular complexity index is 301. The van der Waals surface area contributed by atoms with Crippen LogP contribution in [-0.2, 0) is 4.79 Å². The Morgan fingerprint density at radius 3 is 2.26 bits per heavy atom. The molecule has 0 aliphatic heterocycles. The fourth-order valence-electron chi connectivity index (χ4n) is 1.53. The van der Waals surface area contributed by atoms with Gasteiger partial charge >= 0.3 is 12.0 Å². The van der Waals surface area contributed by atoms with Crippen LogP contribution in [0.1, 0.15) is 53.9 Å². The third kappa shape index (κ3) is 7.70. The molecule has 5 heteroatoms. The van der Waals surface area contributed by atoms with E-state index in [0.29, 0.717) is 18.9 Å². The van der Waals surface area contributed by atoms with Crippen molar-refractivity contribution < 1.29 is 14.7 Å². The minimum Gasteiger partial charge on any atom is -0.481 e. The summed E-state index contributed by atoms with van der Waals surface area (Å²) in [5.41, 5.74) is 0.0182. The van der Waals surface area contributed by atoms with E-state index >= 15 is 0 Å². The fourth-order valence-corrected chi connectivity index (χ4v) is 1.53. The maximum atomic E-state index is 11.8. The lowest BCUT2D eigenvalue weighted by molar-refractivity contribution is -0.137.